The highest BCUT2D eigenvalue weighted by Gasteiger charge is 1.99. The first-order valence-corrected chi connectivity index (χ1v) is 3.88. The van der Waals surface area contributed by atoms with Crippen molar-refractivity contribution in [2.45, 2.75) is 13.3 Å². The molecule has 3 nitrogen and oxygen atoms in total. The molecule has 0 radical (unpaired) electrons. The zero-order valence-electron chi connectivity index (χ0n) is 7.04. The minimum Gasteiger partial charge on any atom is -0.465 e. The van der Waals surface area contributed by atoms with Gasteiger partial charge in [0.25, 0.3) is 0 Å². The van der Waals surface area contributed by atoms with Gasteiger partial charge in [0.05, 0.1) is 6.42 Å². The number of H-pyrrole nitrogens is 1. The van der Waals surface area contributed by atoms with E-state index in [0.29, 0.717) is 6.61 Å². The number of hydrogen-bond acceptors (Lipinski definition) is 2. The van der Waals surface area contributed by atoms with E-state index in [4.69, 9.17) is 4.74 Å². The molecule has 3 heteroatoms. The predicted molar refractivity (Wildman–Crippen MR) is 43.3 cm³/mol. The highest BCUT2D eigenvalue weighted by atomic mass is 16.5. The molecule has 0 atom stereocenters. The second-order valence-electron chi connectivity index (χ2n) is 2.48. The van der Waals surface area contributed by atoms with Crippen LogP contribution in [0.5, 0.6) is 0 Å². The van der Waals surface area contributed by atoms with E-state index in [1.165, 1.54) is 6.92 Å². The number of hydrogen-bond donors (Lipinski definition) is 0. The van der Waals surface area contributed by atoms with Crippen LogP contribution in [0.4, 0.5) is 0 Å². The fourth-order valence-corrected chi connectivity index (χ4v) is 0.891. The first-order chi connectivity index (χ1) is 5.79. The Morgan fingerprint density at radius 2 is 2.42 bits per heavy atom. The van der Waals surface area contributed by atoms with Crippen LogP contribution in [0.3, 0.4) is 0 Å². The van der Waals surface area contributed by atoms with Gasteiger partial charge in [0.2, 0.25) is 0 Å². The van der Waals surface area contributed by atoms with E-state index in [0.717, 1.165) is 12.1 Å². The van der Waals surface area contributed by atoms with Crippen LogP contribution in [0.2, 0.25) is 0 Å². The normalized spacial score (nSPS) is 9.42. The molecule has 0 unspecified atom stereocenters. The van der Waals surface area contributed by atoms with E-state index >= 15 is 0 Å². The number of carbonyl (C=O) groups excluding carboxylic acids is 1. The molecule has 1 heterocycles. The van der Waals surface area contributed by atoms with Gasteiger partial charge in [-0.15, -0.1) is 0 Å². The lowest BCUT2D eigenvalue weighted by molar-refractivity contribution is -0.390. The summed E-state index contributed by atoms with van der Waals surface area (Å²) in [4.78, 5) is 13.5. The average molecular weight is 166 g/mol. The molecule has 0 fully saturated rings. The van der Waals surface area contributed by atoms with Gasteiger partial charge in [0.1, 0.15) is 6.61 Å². The maximum absolute atomic E-state index is 10.4. The summed E-state index contributed by atoms with van der Waals surface area (Å²) < 4.78 is 4.79. The van der Waals surface area contributed by atoms with Crippen LogP contribution in [-0.4, -0.2) is 12.6 Å². The fourth-order valence-electron chi connectivity index (χ4n) is 0.891. The molecule has 0 spiro atoms. The number of esters is 1. The highest BCUT2D eigenvalue weighted by molar-refractivity contribution is 5.65. The fraction of sp³-hybridized carbons (Fsp3) is 0.333. The van der Waals surface area contributed by atoms with E-state index < -0.39 is 0 Å². The van der Waals surface area contributed by atoms with Gasteiger partial charge in [0, 0.05) is 19.1 Å². The van der Waals surface area contributed by atoms with E-state index in [9.17, 15) is 4.79 Å². The first kappa shape index (κ1) is 8.71. The lowest BCUT2D eigenvalue weighted by atomic mass is 10.3. The van der Waals surface area contributed by atoms with E-state index in [2.05, 4.69) is 4.98 Å². The van der Waals surface area contributed by atoms with Crippen molar-refractivity contribution >= 4 is 5.97 Å². The van der Waals surface area contributed by atoms with Crippen LogP contribution in [-0.2, 0) is 16.0 Å². The Labute approximate surface area is 71.4 Å². The van der Waals surface area contributed by atoms with Gasteiger partial charge in [-0.3, -0.25) is 4.79 Å². The number of nitrogens with one attached hydrogen (secondary N) is 1. The molecule has 64 valence electrons. The zero-order chi connectivity index (χ0) is 8.81. The maximum Gasteiger partial charge on any atom is 0.302 e. The Morgan fingerprint density at radius 3 is 3.00 bits per heavy atom. The summed E-state index contributed by atoms with van der Waals surface area (Å²) in [5, 5.41) is 0. The zero-order valence-corrected chi connectivity index (χ0v) is 7.04. The molecule has 0 aromatic carbocycles. The van der Waals surface area contributed by atoms with Crippen molar-refractivity contribution in [1.29, 1.82) is 0 Å². The number of aromatic amines is 1. The predicted octanol–water partition coefficient (Wildman–Crippen LogP) is 0.606. The van der Waals surface area contributed by atoms with Crippen LogP contribution in [0.1, 0.15) is 12.6 Å². The molecule has 1 aromatic heterocycles. The standard InChI is InChI=1S/C9H11NO2/c1-8(11)12-7-5-9-4-2-3-6-10-9/h2-4,6H,5,7H2,1H3/p+1. The van der Waals surface area contributed by atoms with Crippen LogP contribution in [0.15, 0.2) is 24.4 Å². The van der Waals surface area contributed by atoms with Crippen LogP contribution in [0.25, 0.3) is 0 Å². The Balaban J connectivity index is 2.29. The molecule has 0 bridgehead atoms. The summed E-state index contributed by atoms with van der Waals surface area (Å²) in [5.74, 6) is -0.231. The Bertz CT molecular complexity index is 246. The minimum absolute atomic E-state index is 0.231. The first-order valence-electron chi connectivity index (χ1n) is 3.88. The van der Waals surface area contributed by atoms with Gasteiger partial charge in [-0.25, -0.2) is 4.98 Å². The maximum atomic E-state index is 10.4. The smallest absolute Gasteiger partial charge is 0.302 e. The van der Waals surface area contributed by atoms with Gasteiger partial charge in [0.15, 0.2) is 11.9 Å². The van der Waals surface area contributed by atoms with Gasteiger partial charge < -0.3 is 4.74 Å². The Kier molecular flexibility index (Phi) is 3.26. The van der Waals surface area contributed by atoms with Crippen LogP contribution < -0.4 is 4.98 Å². The monoisotopic (exact) mass is 166 g/mol. The van der Waals surface area contributed by atoms with Gasteiger partial charge in [-0.1, -0.05) is 6.07 Å². The second-order valence-corrected chi connectivity index (χ2v) is 2.48. The molecule has 1 rings (SSSR count). The highest BCUT2D eigenvalue weighted by Crippen LogP contribution is 1.90. The molecular formula is C9H12NO2+. The van der Waals surface area contributed by atoms with Crippen molar-refractivity contribution in [2.75, 3.05) is 6.61 Å². The van der Waals surface area contributed by atoms with Crippen LogP contribution >= 0.6 is 0 Å². The molecular weight excluding hydrogens is 154 g/mol. The summed E-state index contributed by atoms with van der Waals surface area (Å²) in [5.41, 5.74) is 1.07. The minimum atomic E-state index is -0.231. The number of pyridine rings is 1. The Hall–Kier alpha value is -1.38. The summed E-state index contributed by atoms with van der Waals surface area (Å²) >= 11 is 0. The van der Waals surface area contributed by atoms with E-state index in [-0.39, 0.29) is 5.97 Å². The van der Waals surface area contributed by atoms with Gasteiger partial charge in [-0.05, 0) is 0 Å². The third kappa shape index (κ3) is 3.14. The number of aromatic nitrogens is 1. The topological polar surface area (TPSA) is 40.4 Å². The quantitative estimate of drug-likeness (QED) is 0.617. The summed E-state index contributed by atoms with van der Waals surface area (Å²) in [6, 6.07) is 5.82. The number of carbonyl (C=O) groups is 1. The largest absolute Gasteiger partial charge is 0.465 e. The summed E-state index contributed by atoms with van der Waals surface area (Å²) in [6.07, 6.45) is 2.59. The Morgan fingerprint density at radius 1 is 1.58 bits per heavy atom. The molecule has 0 saturated carbocycles. The van der Waals surface area contributed by atoms with Crippen molar-refractivity contribution in [3.05, 3.63) is 30.1 Å². The van der Waals surface area contributed by atoms with Crippen LogP contribution in [0, 0.1) is 0 Å². The number of rotatable bonds is 3. The van der Waals surface area contributed by atoms with Crippen molar-refractivity contribution in [2.24, 2.45) is 0 Å². The van der Waals surface area contributed by atoms with Gasteiger partial charge >= 0.3 is 5.97 Å². The molecule has 0 amide bonds. The van der Waals surface area contributed by atoms with Crippen molar-refractivity contribution in [1.82, 2.24) is 0 Å². The molecule has 0 aliphatic heterocycles. The molecule has 1 aromatic rings. The van der Waals surface area contributed by atoms with E-state index in [1.54, 1.807) is 0 Å². The SMILES string of the molecule is CC(=O)OCCc1cccc[nH+]1. The molecule has 0 saturated heterocycles. The third-order valence-corrected chi connectivity index (χ3v) is 1.45. The second kappa shape index (κ2) is 4.49. The van der Waals surface area contributed by atoms with E-state index in [1.807, 2.05) is 24.4 Å². The third-order valence-electron chi connectivity index (χ3n) is 1.45. The van der Waals surface area contributed by atoms with Crippen molar-refractivity contribution in [3.8, 4) is 0 Å². The lowest BCUT2D eigenvalue weighted by Gasteiger charge is -1.96. The van der Waals surface area contributed by atoms with Crippen molar-refractivity contribution in [3.63, 3.8) is 0 Å². The van der Waals surface area contributed by atoms with Crippen molar-refractivity contribution < 1.29 is 14.5 Å². The average Bonchev–Trinajstić information content (AvgIpc) is 2.05. The van der Waals surface area contributed by atoms with Gasteiger partial charge in [-0.2, -0.15) is 0 Å². The number of ether oxygens (including phenoxy) is 1. The summed E-state index contributed by atoms with van der Waals surface area (Å²) in [6.45, 7) is 1.85. The lowest BCUT2D eigenvalue weighted by Crippen LogP contribution is -2.13. The summed E-state index contributed by atoms with van der Waals surface area (Å²) in [7, 11) is 0. The molecule has 12 heavy (non-hydrogen) atoms. The molecule has 0 aliphatic rings. The molecule has 1 N–H and O–H groups in total. The molecule has 0 aliphatic carbocycles.